The Morgan fingerprint density at radius 1 is 1.30 bits per heavy atom. The normalized spacial score (nSPS) is 12.6. The van der Waals surface area contributed by atoms with Gasteiger partial charge in [0.05, 0.1) is 0 Å². The van der Waals surface area contributed by atoms with Crippen LogP contribution in [0.15, 0.2) is 0 Å². The van der Waals surface area contributed by atoms with Crippen LogP contribution in [0.4, 0.5) is 0 Å². The molecule has 1 radical (unpaired) electrons. The van der Waals surface area contributed by atoms with E-state index in [9.17, 15) is 0 Å². The largest absolute Gasteiger partial charge is 0.0625 e. The molecule has 0 nitrogen and oxygen atoms in total. The fourth-order valence-corrected chi connectivity index (χ4v) is 0.981. The summed E-state index contributed by atoms with van der Waals surface area (Å²) < 4.78 is 0. The molecule has 10 heavy (non-hydrogen) atoms. The van der Waals surface area contributed by atoms with Crippen LogP contribution in [0.1, 0.15) is 47.0 Å². The highest BCUT2D eigenvalue weighted by Crippen LogP contribution is 2.22. The van der Waals surface area contributed by atoms with E-state index in [-0.39, 0.29) is 0 Å². The molecule has 0 N–H and O–H groups in total. The number of hydrogen-bond acceptors (Lipinski definition) is 0. The molecule has 0 rings (SSSR count). The lowest BCUT2D eigenvalue weighted by Gasteiger charge is -2.18. The van der Waals surface area contributed by atoms with Crippen LogP contribution in [0.5, 0.6) is 0 Å². The summed E-state index contributed by atoms with van der Waals surface area (Å²) in [6.45, 7) is 13.0. The molecule has 0 aromatic rings. The third-order valence-corrected chi connectivity index (χ3v) is 1.62. The Morgan fingerprint density at radius 3 is 2.10 bits per heavy atom. The summed E-state index contributed by atoms with van der Waals surface area (Å²) in [7, 11) is 0. The summed E-state index contributed by atoms with van der Waals surface area (Å²) in [4.78, 5) is 0. The maximum atomic E-state index is 3.96. The molecular formula is C10H21. The topological polar surface area (TPSA) is 0 Å². The van der Waals surface area contributed by atoms with Crippen molar-refractivity contribution in [3.8, 4) is 0 Å². The monoisotopic (exact) mass is 141 g/mol. The molecule has 0 aliphatic heterocycles. The van der Waals surface area contributed by atoms with E-state index in [1.165, 1.54) is 19.3 Å². The van der Waals surface area contributed by atoms with Gasteiger partial charge in [-0.1, -0.05) is 47.5 Å². The number of hydrogen-bond donors (Lipinski definition) is 0. The van der Waals surface area contributed by atoms with Gasteiger partial charge in [0.25, 0.3) is 0 Å². The number of rotatable bonds is 3. The highest BCUT2D eigenvalue weighted by atomic mass is 14.1. The second-order valence-corrected chi connectivity index (χ2v) is 4.56. The second-order valence-electron chi connectivity index (χ2n) is 4.56. The first-order valence-electron chi connectivity index (χ1n) is 4.25. The standard InChI is InChI=1S/C10H21/c1-9(2)7-6-8-10(3,4)5/h9H,1,6-8H2,2-5H3. The van der Waals surface area contributed by atoms with Crippen LogP contribution < -0.4 is 0 Å². The molecule has 0 aromatic carbocycles. The SMILES string of the molecule is [CH2]C(C)CCCC(C)(C)C. The minimum absolute atomic E-state index is 0.509. The van der Waals surface area contributed by atoms with Gasteiger partial charge in [0.2, 0.25) is 0 Å². The Balaban J connectivity index is 3.21. The van der Waals surface area contributed by atoms with Crippen LogP contribution in [0.2, 0.25) is 0 Å². The molecule has 0 heteroatoms. The smallest absolute Gasteiger partial charge is 0.0383 e. The lowest BCUT2D eigenvalue weighted by atomic mass is 9.88. The van der Waals surface area contributed by atoms with Crippen LogP contribution in [0, 0.1) is 18.3 Å². The van der Waals surface area contributed by atoms with Gasteiger partial charge in [-0.05, 0) is 17.8 Å². The molecule has 0 heterocycles. The Labute approximate surface area is 66.0 Å². The zero-order valence-electron chi connectivity index (χ0n) is 7.91. The van der Waals surface area contributed by atoms with Crippen LogP contribution in [0.25, 0.3) is 0 Å². The molecule has 0 saturated heterocycles. The summed E-state index contributed by atoms with van der Waals surface area (Å²) >= 11 is 0. The first-order chi connectivity index (χ1) is 4.42. The van der Waals surface area contributed by atoms with Gasteiger partial charge in [0, 0.05) is 0 Å². The molecule has 0 aliphatic rings. The maximum Gasteiger partial charge on any atom is -0.0383 e. The lowest BCUT2D eigenvalue weighted by Crippen LogP contribution is -2.04. The molecule has 61 valence electrons. The van der Waals surface area contributed by atoms with Crippen molar-refractivity contribution in [1.29, 1.82) is 0 Å². The average molecular weight is 141 g/mol. The quantitative estimate of drug-likeness (QED) is 0.562. The zero-order chi connectivity index (χ0) is 8.20. The molecule has 0 aromatic heterocycles. The minimum Gasteiger partial charge on any atom is -0.0625 e. The van der Waals surface area contributed by atoms with E-state index in [0.29, 0.717) is 11.3 Å². The van der Waals surface area contributed by atoms with E-state index in [1.807, 2.05) is 0 Å². The fourth-order valence-electron chi connectivity index (χ4n) is 0.981. The van der Waals surface area contributed by atoms with Crippen LogP contribution in [0.3, 0.4) is 0 Å². The molecule has 0 bridgehead atoms. The van der Waals surface area contributed by atoms with Crippen molar-refractivity contribution in [2.45, 2.75) is 47.0 Å². The third kappa shape index (κ3) is 8.00. The molecule has 0 saturated carbocycles. The molecular weight excluding hydrogens is 120 g/mol. The van der Waals surface area contributed by atoms with E-state index in [2.05, 4.69) is 34.6 Å². The first-order valence-corrected chi connectivity index (χ1v) is 4.25. The van der Waals surface area contributed by atoms with E-state index in [4.69, 9.17) is 0 Å². The highest BCUT2D eigenvalue weighted by Gasteiger charge is 2.09. The summed E-state index contributed by atoms with van der Waals surface area (Å²) in [5, 5.41) is 0. The van der Waals surface area contributed by atoms with Crippen molar-refractivity contribution in [1.82, 2.24) is 0 Å². The van der Waals surface area contributed by atoms with Crippen molar-refractivity contribution in [3.63, 3.8) is 0 Å². The van der Waals surface area contributed by atoms with Gasteiger partial charge in [0.1, 0.15) is 0 Å². The minimum atomic E-state index is 0.509. The van der Waals surface area contributed by atoms with Gasteiger partial charge < -0.3 is 0 Å². The van der Waals surface area contributed by atoms with Crippen molar-refractivity contribution >= 4 is 0 Å². The molecule has 1 atom stereocenters. The van der Waals surface area contributed by atoms with E-state index < -0.39 is 0 Å². The zero-order valence-corrected chi connectivity index (χ0v) is 7.91. The fraction of sp³-hybridized carbons (Fsp3) is 0.900. The Bertz CT molecular complexity index is 74.5. The van der Waals surface area contributed by atoms with E-state index in [0.717, 1.165) is 0 Å². The highest BCUT2D eigenvalue weighted by molar-refractivity contribution is 4.63. The van der Waals surface area contributed by atoms with E-state index in [1.54, 1.807) is 0 Å². The molecule has 0 aliphatic carbocycles. The van der Waals surface area contributed by atoms with Gasteiger partial charge in [0.15, 0.2) is 0 Å². The molecule has 0 amide bonds. The van der Waals surface area contributed by atoms with Crippen LogP contribution >= 0.6 is 0 Å². The molecule has 1 unspecified atom stereocenters. The summed E-state index contributed by atoms with van der Waals surface area (Å²) in [5.41, 5.74) is 0.509. The summed E-state index contributed by atoms with van der Waals surface area (Å²) in [6.07, 6.45) is 3.93. The van der Waals surface area contributed by atoms with Gasteiger partial charge in [-0.3, -0.25) is 0 Å². The summed E-state index contributed by atoms with van der Waals surface area (Å²) in [6, 6.07) is 0. The van der Waals surface area contributed by atoms with E-state index >= 15 is 0 Å². The van der Waals surface area contributed by atoms with Gasteiger partial charge in [-0.15, -0.1) is 0 Å². The summed E-state index contributed by atoms with van der Waals surface area (Å²) in [5.74, 6) is 0.627. The molecule has 0 fully saturated rings. The van der Waals surface area contributed by atoms with Gasteiger partial charge in [-0.25, -0.2) is 0 Å². The lowest BCUT2D eigenvalue weighted by molar-refractivity contribution is 0.351. The predicted molar refractivity (Wildman–Crippen MR) is 47.8 cm³/mol. The van der Waals surface area contributed by atoms with Gasteiger partial charge >= 0.3 is 0 Å². The van der Waals surface area contributed by atoms with Crippen molar-refractivity contribution in [2.24, 2.45) is 11.3 Å². The maximum absolute atomic E-state index is 3.96. The van der Waals surface area contributed by atoms with Crippen LogP contribution in [-0.4, -0.2) is 0 Å². The second kappa shape index (κ2) is 4.00. The van der Waals surface area contributed by atoms with Crippen molar-refractivity contribution in [2.75, 3.05) is 0 Å². The third-order valence-electron chi connectivity index (χ3n) is 1.62. The predicted octanol–water partition coefficient (Wildman–Crippen LogP) is 3.67. The Kier molecular flexibility index (Phi) is 4.00. The van der Waals surface area contributed by atoms with Crippen molar-refractivity contribution in [3.05, 3.63) is 6.92 Å². The van der Waals surface area contributed by atoms with Gasteiger partial charge in [-0.2, -0.15) is 0 Å². The Hall–Kier alpha value is 0. The van der Waals surface area contributed by atoms with Crippen LogP contribution in [-0.2, 0) is 0 Å². The molecule has 0 spiro atoms. The Morgan fingerprint density at radius 2 is 1.80 bits per heavy atom. The van der Waals surface area contributed by atoms with Crippen molar-refractivity contribution < 1.29 is 0 Å². The average Bonchev–Trinajstić information content (AvgIpc) is 1.59. The first kappa shape index (κ1) is 10.0.